The van der Waals surface area contributed by atoms with Gasteiger partial charge in [0.25, 0.3) is 0 Å². The Hall–Kier alpha value is -9.00. The van der Waals surface area contributed by atoms with E-state index < -0.39 is 0 Å². The smallest absolute Gasteiger partial charge is 0.160 e. The van der Waals surface area contributed by atoms with Crippen LogP contribution in [0.4, 0.5) is 0 Å². The molecule has 0 radical (unpaired) electrons. The highest BCUT2D eigenvalue weighted by Crippen LogP contribution is 2.42. The second-order valence-electron chi connectivity index (χ2n) is 16.8. The molecule has 0 saturated heterocycles. The molecule has 6 nitrogen and oxygen atoms in total. The highest BCUT2D eigenvalue weighted by molar-refractivity contribution is 5.95. The van der Waals surface area contributed by atoms with E-state index >= 15 is 0 Å². The van der Waals surface area contributed by atoms with Gasteiger partial charge in [0.15, 0.2) is 11.6 Å². The van der Waals surface area contributed by atoms with Crippen LogP contribution in [0.25, 0.3) is 112 Å². The molecule has 0 bridgehead atoms. The minimum absolute atomic E-state index is 0.662. The fraction of sp³-hybridized carbons (Fsp3) is 0.0323. The molecule has 0 saturated carbocycles. The molecular weight excluding hydrogens is 829 g/mol. The molecule has 8 aromatic carbocycles. The van der Waals surface area contributed by atoms with Gasteiger partial charge in [0.2, 0.25) is 0 Å². The van der Waals surface area contributed by atoms with Crippen LogP contribution in [0.1, 0.15) is 11.5 Å². The predicted octanol–water partition coefficient (Wildman–Crippen LogP) is 15.3. The number of benzene rings is 8. The van der Waals surface area contributed by atoms with Crippen LogP contribution in [0.15, 0.2) is 231 Å². The lowest BCUT2D eigenvalue weighted by molar-refractivity contribution is 1.02. The summed E-state index contributed by atoms with van der Waals surface area (Å²) < 4.78 is 0. The van der Waals surface area contributed by atoms with Gasteiger partial charge in [0.1, 0.15) is 5.82 Å². The number of nitrogens with zero attached hydrogens (tertiary/aromatic N) is 6. The fourth-order valence-corrected chi connectivity index (χ4v) is 8.86. The standard InChI is InChI=1S/C62H44N6/c1-41-35-59(64-42(2)63-41)60-53(48-28-16-30-50(37-48)57-39-55(44-21-9-4-10-22-44)65-61(67-57)46-25-13-6-14-26-46)33-18-34-54(60)49-29-17-31-51(38-49)58-40-56(45-23-11-5-12-24-45)66-62(68-58)52-32-15-27-47(36-52)43-19-7-3-8-20-43/h3-40H,1-2H3. The number of hydrogen-bond donors (Lipinski definition) is 0. The molecule has 0 fully saturated rings. The largest absolute Gasteiger partial charge is 0.239 e. The monoisotopic (exact) mass is 872 g/mol. The summed E-state index contributed by atoms with van der Waals surface area (Å²) in [6.07, 6.45) is 0. The maximum Gasteiger partial charge on any atom is 0.160 e. The average Bonchev–Trinajstić information content (AvgIpc) is 3.41. The molecule has 3 heterocycles. The fourth-order valence-electron chi connectivity index (χ4n) is 8.86. The molecule has 6 heteroatoms. The summed E-state index contributed by atoms with van der Waals surface area (Å²) in [7, 11) is 0. The number of rotatable bonds is 10. The van der Waals surface area contributed by atoms with Crippen molar-refractivity contribution in [2.45, 2.75) is 13.8 Å². The van der Waals surface area contributed by atoms with Crippen molar-refractivity contribution < 1.29 is 0 Å². The van der Waals surface area contributed by atoms with E-state index in [4.69, 9.17) is 24.9 Å². The van der Waals surface area contributed by atoms with Gasteiger partial charge in [-0.3, -0.25) is 0 Å². The van der Waals surface area contributed by atoms with Crippen LogP contribution in [-0.4, -0.2) is 29.9 Å². The Balaban J connectivity index is 1.05. The van der Waals surface area contributed by atoms with E-state index in [1.54, 1.807) is 0 Å². The Labute approximate surface area is 396 Å². The molecule has 0 amide bonds. The SMILES string of the molecule is Cc1cc(-c2c(-c3cccc(-c4cc(-c5ccccc5)nc(-c5ccccc5)n4)c3)cccc2-c2cccc(-c3cc(-c4ccccc4)nc(-c4cccc(-c5ccccc5)c4)n3)c2)nc(C)n1. The molecule has 68 heavy (non-hydrogen) atoms. The quantitative estimate of drug-likeness (QED) is 0.136. The maximum atomic E-state index is 5.29. The van der Waals surface area contributed by atoms with Gasteiger partial charge < -0.3 is 0 Å². The lowest BCUT2D eigenvalue weighted by atomic mass is 9.88. The highest BCUT2D eigenvalue weighted by Gasteiger charge is 2.19. The first kappa shape index (κ1) is 41.7. The summed E-state index contributed by atoms with van der Waals surface area (Å²) in [5, 5.41) is 0. The normalized spacial score (nSPS) is 11.1. The first-order chi connectivity index (χ1) is 33.5. The Morgan fingerprint density at radius 3 is 1.10 bits per heavy atom. The van der Waals surface area contributed by atoms with Gasteiger partial charge in [-0.25, -0.2) is 29.9 Å². The van der Waals surface area contributed by atoms with Gasteiger partial charge in [0.05, 0.1) is 28.5 Å². The van der Waals surface area contributed by atoms with Crippen molar-refractivity contribution in [1.29, 1.82) is 0 Å². The molecule has 0 atom stereocenters. The summed E-state index contributed by atoms with van der Waals surface area (Å²) in [5.41, 5.74) is 18.5. The van der Waals surface area contributed by atoms with Gasteiger partial charge in [-0.15, -0.1) is 0 Å². The molecule has 0 aliphatic rings. The molecule has 0 aliphatic carbocycles. The average molecular weight is 873 g/mol. The zero-order valence-corrected chi connectivity index (χ0v) is 37.6. The second kappa shape index (κ2) is 18.5. The second-order valence-corrected chi connectivity index (χ2v) is 16.8. The molecule has 0 unspecified atom stereocenters. The zero-order chi connectivity index (χ0) is 45.8. The Bertz CT molecular complexity index is 3500. The van der Waals surface area contributed by atoms with Crippen LogP contribution in [0.2, 0.25) is 0 Å². The van der Waals surface area contributed by atoms with Gasteiger partial charge in [-0.05, 0) is 83.6 Å². The van der Waals surface area contributed by atoms with Crippen LogP contribution >= 0.6 is 0 Å². The summed E-state index contributed by atoms with van der Waals surface area (Å²) in [6, 6.07) is 79.7. The van der Waals surface area contributed by atoms with Crippen molar-refractivity contribution in [3.05, 3.63) is 242 Å². The van der Waals surface area contributed by atoms with E-state index in [1.165, 1.54) is 0 Å². The van der Waals surface area contributed by atoms with E-state index in [1.807, 2.05) is 74.5 Å². The van der Waals surface area contributed by atoms with Crippen molar-refractivity contribution in [2.75, 3.05) is 0 Å². The van der Waals surface area contributed by atoms with Crippen LogP contribution in [0, 0.1) is 13.8 Å². The van der Waals surface area contributed by atoms with Gasteiger partial charge in [0, 0.05) is 44.6 Å². The zero-order valence-electron chi connectivity index (χ0n) is 37.6. The minimum Gasteiger partial charge on any atom is -0.239 e. The predicted molar refractivity (Wildman–Crippen MR) is 277 cm³/mol. The number of aryl methyl sites for hydroxylation is 2. The highest BCUT2D eigenvalue weighted by atomic mass is 14.9. The first-order valence-electron chi connectivity index (χ1n) is 22.8. The van der Waals surface area contributed by atoms with E-state index in [0.717, 1.165) is 106 Å². The molecule has 11 rings (SSSR count). The summed E-state index contributed by atoms with van der Waals surface area (Å²) in [6.45, 7) is 3.98. The molecule has 0 aliphatic heterocycles. The third-order valence-electron chi connectivity index (χ3n) is 12.1. The summed E-state index contributed by atoms with van der Waals surface area (Å²) in [5.74, 6) is 2.05. The summed E-state index contributed by atoms with van der Waals surface area (Å²) in [4.78, 5) is 30.4. The third kappa shape index (κ3) is 8.74. The molecule has 0 spiro atoms. The van der Waals surface area contributed by atoms with E-state index in [0.29, 0.717) is 17.5 Å². The van der Waals surface area contributed by atoms with Crippen LogP contribution in [0.5, 0.6) is 0 Å². The number of aromatic nitrogens is 6. The Kier molecular flexibility index (Phi) is 11.3. The van der Waals surface area contributed by atoms with Crippen molar-refractivity contribution in [1.82, 2.24) is 29.9 Å². The molecule has 11 aromatic rings. The van der Waals surface area contributed by atoms with E-state index in [9.17, 15) is 0 Å². The lowest BCUT2D eigenvalue weighted by Gasteiger charge is -2.18. The molecule has 0 N–H and O–H groups in total. The Morgan fingerprint density at radius 1 is 0.235 bits per heavy atom. The first-order valence-corrected chi connectivity index (χ1v) is 22.8. The third-order valence-corrected chi connectivity index (χ3v) is 12.1. The van der Waals surface area contributed by atoms with Crippen LogP contribution in [-0.2, 0) is 0 Å². The summed E-state index contributed by atoms with van der Waals surface area (Å²) >= 11 is 0. The minimum atomic E-state index is 0.662. The van der Waals surface area contributed by atoms with Gasteiger partial charge >= 0.3 is 0 Å². The van der Waals surface area contributed by atoms with Crippen molar-refractivity contribution in [3.63, 3.8) is 0 Å². The van der Waals surface area contributed by atoms with Crippen LogP contribution in [0.3, 0.4) is 0 Å². The molecule has 322 valence electrons. The maximum absolute atomic E-state index is 5.29. The van der Waals surface area contributed by atoms with Crippen molar-refractivity contribution in [3.8, 4) is 112 Å². The Morgan fingerprint density at radius 2 is 0.603 bits per heavy atom. The van der Waals surface area contributed by atoms with Crippen LogP contribution < -0.4 is 0 Å². The lowest BCUT2D eigenvalue weighted by Crippen LogP contribution is -1.99. The van der Waals surface area contributed by atoms with Crippen molar-refractivity contribution >= 4 is 0 Å². The van der Waals surface area contributed by atoms with Gasteiger partial charge in [-0.1, -0.05) is 194 Å². The van der Waals surface area contributed by atoms with E-state index in [2.05, 4.69) is 175 Å². The molecule has 3 aromatic heterocycles. The van der Waals surface area contributed by atoms with E-state index in [-0.39, 0.29) is 0 Å². The van der Waals surface area contributed by atoms with Gasteiger partial charge in [-0.2, -0.15) is 0 Å². The number of hydrogen-bond acceptors (Lipinski definition) is 6. The topological polar surface area (TPSA) is 77.3 Å². The van der Waals surface area contributed by atoms with Crippen molar-refractivity contribution in [2.24, 2.45) is 0 Å². The molecular formula is C62H44N6.